The molecule has 1 fully saturated rings. The minimum absolute atomic E-state index is 0.106. The number of thioether (sulfide) groups is 1. The standard InChI is InChI=1S/C14H22N2O2S2/c1-3-20(17,18)14-10-19-9-8-16(14)13-7-5-4-6-12(13)11(2)15/h4-7,11,14H,3,8-10,15H2,1-2H3/t11-,14?/m1/s1. The van der Waals surface area contributed by atoms with Crippen LogP contribution in [0.1, 0.15) is 25.5 Å². The van der Waals surface area contributed by atoms with Crippen LogP contribution in [0.4, 0.5) is 5.69 Å². The molecular weight excluding hydrogens is 292 g/mol. The molecule has 112 valence electrons. The number of hydrogen-bond donors (Lipinski definition) is 1. The van der Waals surface area contributed by atoms with Gasteiger partial charge in [0.25, 0.3) is 0 Å². The Bertz CT molecular complexity index is 558. The molecule has 0 bridgehead atoms. The SMILES string of the molecule is CCS(=O)(=O)C1CSCCN1c1ccccc1[C@@H](C)N. The second-order valence-corrected chi connectivity index (χ2v) is 8.62. The van der Waals surface area contributed by atoms with Crippen molar-refractivity contribution in [3.05, 3.63) is 29.8 Å². The lowest BCUT2D eigenvalue weighted by Crippen LogP contribution is -2.48. The quantitative estimate of drug-likeness (QED) is 0.921. The van der Waals surface area contributed by atoms with Crippen LogP contribution >= 0.6 is 11.8 Å². The van der Waals surface area contributed by atoms with Crippen molar-refractivity contribution in [2.24, 2.45) is 5.73 Å². The molecule has 1 aliphatic rings. The molecule has 1 aromatic rings. The maximum Gasteiger partial charge on any atom is 0.171 e. The molecule has 0 radical (unpaired) electrons. The normalized spacial score (nSPS) is 21.8. The lowest BCUT2D eigenvalue weighted by molar-refractivity contribution is 0.579. The summed E-state index contributed by atoms with van der Waals surface area (Å²) in [7, 11) is -3.10. The zero-order chi connectivity index (χ0) is 14.8. The molecule has 2 N–H and O–H groups in total. The Morgan fingerprint density at radius 3 is 2.80 bits per heavy atom. The lowest BCUT2D eigenvalue weighted by Gasteiger charge is -2.38. The van der Waals surface area contributed by atoms with E-state index in [1.807, 2.05) is 36.1 Å². The number of nitrogens with zero attached hydrogens (tertiary/aromatic N) is 1. The Morgan fingerprint density at radius 1 is 1.45 bits per heavy atom. The molecule has 6 heteroatoms. The Kier molecular flexibility index (Phi) is 4.99. The zero-order valence-corrected chi connectivity index (χ0v) is 13.6. The van der Waals surface area contributed by atoms with Crippen molar-refractivity contribution >= 4 is 27.3 Å². The average Bonchev–Trinajstić information content (AvgIpc) is 2.47. The number of sulfone groups is 1. The highest BCUT2D eigenvalue weighted by Crippen LogP contribution is 2.32. The van der Waals surface area contributed by atoms with Crippen molar-refractivity contribution in [1.29, 1.82) is 0 Å². The summed E-state index contributed by atoms with van der Waals surface area (Å²) in [6, 6.07) is 7.75. The predicted molar refractivity (Wildman–Crippen MR) is 87.0 cm³/mol. The summed E-state index contributed by atoms with van der Waals surface area (Å²) >= 11 is 1.71. The van der Waals surface area contributed by atoms with E-state index in [-0.39, 0.29) is 11.8 Å². The van der Waals surface area contributed by atoms with Crippen LogP contribution in [0.25, 0.3) is 0 Å². The van der Waals surface area contributed by atoms with Crippen LogP contribution in [0.3, 0.4) is 0 Å². The Hall–Kier alpha value is -0.720. The fourth-order valence-electron chi connectivity index (χ4n) is 2.48. The number of nitrogens with two attached hydrogens (primary N) is 1. The van der Waals surface area contributed by atoms with E-state index in [1.54, 1.807) is 18.7 Å². The lowest BCUT2D eigenvalue weighted by atomic mass is 10.1. The van der Waals surface area contributed by atoms with E-state index in [0.717, 1.165) is 23.5 Å². The molecule has 1 aliphatic heterocycles. The van der Waals surface area contributed by atoms with Gasteiger partial charge in [-0.25, -0.2) is 8.42 Å². The third-order valence-electron chi connectivity index (χ3n) is 3.64. The first kappa shape index (κ1) is 15.7. The van der Waals surface area contributed by atoms with Gasteiger partial charge in [-0.15, -0.1) is 0 Å². The van der Waals surface area contributed by atoms with E-state index in [4.69, 9.17) is 5.73 Å². The van der Waals surface area contributed by atoms with Gasteiger partial charge in [0.2, 0.25) is 0 Å². The molecule has 1 saturated heterocycles. The summed E-state index contributed by atoms with van der Waals surface area (Å²) in [6.07, 6.45) is 0. The number of benzene rings is 1. The molecule has 4 nitrogen and oxygen atoms in total. The zero-order valence-electron chi connectivity index (χ0n) is 12.0. The molecule has 0 aromatic heterocycles. The van der Waals surface area contributed by atoms with Crippen molar-refractivity contribution in [3.8, 4) is 0 Å². The van der Waals surface area contributed by atoms with Gasteiger partial charge < -0.3 is 10.6 Å². The van der Waals surface area contributed by atoms with Gasteiger partial charge in [0, 0.05) is 35.5 Å². The van der Waals surface area contributed by atoms with Gasteiger partial charge in [0.05, 0.1) is 0 Å². The first-order valence-electron chi connectivity index (χ1n) is 6.88. The van der Waals surface area contributed by atoms with Gasteiger partial charge in [-0.05, 0) is 18.6 Å². The minimum atomic E-state index is -3.10. The second kappa shape index (κ2) is 6.37. The van der Waals surface area contributed by atoms with E-state index in [1.165, 1.54) is 0 Å². The molecular formula is C14H22N2O2S2. The van der Waals surface area contributed by atoms with Crippen LogP contribution in [-0.2, 0) is 9.84 Å². The molecule has 0 aliphatic carbocycles. The van der Waals surface area contributed by atoms with Crippen LogP contribution in [0, 0.1) is 0 Å². The van der Waals surface area contributed by atoms with E-state index in [2.05, 4.69) is 0 Å². The molecule has 0 spiro atoms. The van der Waals surface area contributed by atoms with Gasteiger partial charge in [0.1, 0.15) is 5.37 Å². The highest BCUT2D eigenvalue weighted by Gasteiger charge is 2.34. The molecule has 0 saturated carbocycles. The van der Waals surface area contributed by atoms with Crippen LogP contribution in [0.15, 0.2) is 24.3 Å². The van der Waals surface area contributed by atoms with Gasteiger partial charge in [0.15, 0.2) is 9.84 Å². The average molecular weight is 314 g/mol. The monoisotopic (exact) mass is 314 g/mol. The van der Waals surface area contributed by atoms with Crippen LogP contribution < -0.4 is 10.6 Å². The predicted octanol–water partition coefficient (Wildman–Crippen LogP) is 2.02. The summed E-state index contributed by atoms with van der Waals surface area (Å²) in [4.78, 5) is 2.02. The third kappa shape index (κ3) is 3.13. The van der Waals surface area contributed by atoms with E-state index in [9.17, 15) is 8.42 Å². The Labute approximate surface area is 125 Å². The number of para-hydroxylation sites is 1. The Balaban J connectivity index is 2.43. The number of anilines is 1. The highest BCUT2D eigenvalue weighted by molar-refractivity contribution is 8.01. The molecule has 1 aromatic carbocycles. The maximum absolute atomic E-state index is 12.3. The summed E-state index contributed by atoms with van der Waals surface area (Å²) in [6.45, 7) is 4.39. The molecule has 2 rings (SSSR count). The summed E-state index contributed by atoms with van der Waals surface area (Å²) in [5, 5.41) is -0.439. The van der Waals surface area contributed by atoms with E-state index >= 15 is 0 Å². The largest absolute Gasteiger partial charge is 0.353 e. The van der Waals surface area contributed by atoms with Crippen molar-refractivity contribution in [2.45, 2.75) is 25.3 Å². The minimum Gasteiger partial charge on any atom is -0.353 e. The first-order valence-corrected chi connectivity index (χ1v) is 9.75. The van der Waals surface area contributed by atoms with Gasteiger partial charge in [-0.1, -0.05) is 25.1 Å². The van der Waals surface area contributed by atoms with Gasteiger partial charge in [-0.2, -0.15) is 11.8 Å². The molecule has 0 amide bonds. The van der Waals surface area contributed by atoms with Gasteiger partial charge in [-0.3, -0.25) is 0 Å². The van der Waals surface area contributed by atoms with E-state index < -0.39 is 15.2 Å². The van der Waals surface area contributed by atoms with Crippen LogP contribution in [0.2, 0.25) is 0 Å². The molecule has 1 unspecified atom stereocenters. The van der Waals surface area contributed by atoms with Crippen LogP contribution in [0.5, 0.6) is 0 Å². The van der Waals surface area contributed by atoms with Crippen molar-refractivity contribution in [2.75, 3.05) is 28.7 Å². The maximum atomic E-state index is 12.3. The smallest absolute Gasteiger partial charge is 0.171 e. The summed E-state index contributed by atoms with van der Waals surface area (Å²) in [5.41, 5.74) is 8.00. The highest BCUT2D eigenvalue weighted by atomic mass is 32.2. The second-order valence-electron chi connectivity index (χ2n) is 5.02. The fourth-order valence-corrected chi connectivity index (χ4v) is 5.46. The topological polar surface area (TPSA) is 63.4 Å². The molecule has 1 heterocycles. The molecule has 2 atom stereocenters. The molecule has 20 heavy (non-hydrogen) atoms. The first-order chi connectivity index (χ1) is 9.47. The third-order valence-corrected chi connectivity index (χ3v) is 6.93. The summed E-state index contributed by atoms with van der Waals surface area (Å²) in [5.74, 6) is 1.75. The number of rotatable bonds is 4. The number of hydrogen-bond acceptors (Lipinski definition) is 5. The summed E-state index contributed by atoms with van der Waals surface area (Å²) < 4.78 is 24.7. The van der Waals surface area contributed by atoms with Crippen molar-refractivity contribution in [1.82, 2.24) is 0 Å². The van der Waals surface area contributed by atoms with Crippen LogP contribution in [-0.4, -0.2) is 37.6 Å². The van der Waals surface area contributed by atoms with Crippen molar-refractivity contribution in [3.63, 3.8) is 0 Å². The van der Waals surface area contributed by atoms with Crippen molar-refractivity contribution < 1.29 is 8.42 Å². The van der Waals surface area contributed by atoms with E-state index in [0.29, 0.717) is 5.75 Å². The Morgan fingerprint density at radius 2 is 2.15 bits per heavy atom. The van der Waals surface area contributed by atoms with Gasteiger partial charge >= 0.3 is 0 Å². The fraction of sp³-hybridized carbons (Fsp3) is 0.571.